The van der Waals surface area contributed by atoms with E-state index in [2.05, 4.69) is 10.6 Å². The van der Waals surface area contributed by atoms with E-state index in [1.54, 1.807) is 6.92 Å². The van der Waals surface area contributed by atoms with Crippen molar-refractivity contribution in [3.05, 3.63) is 24.3 Å². The van der Waals surface area contributed by atoms with Gasteiger partial charge in [-0.3, -0.25) is 14.9 Å². The molecule has 1 amide bonds. The van der Waals surface area contributed by atoms with E-state index >= 15 is 0 Å². The molecule has 0 radical (unpaired) electrons. The van der Waals surface area contributed by atoms with Gasteiger partial charge in [0, 0.05) is 5.69 Å². The average Bonchev–Trinajstić information content (AvgIpc) is 2.54. The van der Waals surface area contributed by atoms with E-state index in [1.165, 1.54) is 12.1 Å². The third-order valence-corrected chi connectivity index (χ3v) is 5.06. The summed E-state index contributed by atoms with van der Waals surface area (Å²) < 4.78 is 47.5. The molecule has 140 valence electrons. The number of carbonyl (C=O) groups excluding carboxylic acids is 1. The summed E-state index contributed by atoms with van der Waals surface area (Å²) in [5, 5.41) is 14.2. The number of hydrogen-bond acceptors (Lipinski definition) is 5. The van der Waals surface area contributed by atoms with Crippen molar-refractivity contribution in [3.63, 3.8) is 0 Å². The van der Waals surface area contributed by atoms with Crippen molar-refractivity contribution in [1.29, 1.82) is 0 Å². The molecule has 2 atom stereocenters. The molecule has 0 heterocycles. The summed E-state index contributed by atoms with van der Waals surface area (Å²) in [6.45, 7) is 3.31. The molecule has 0 aromatic heterocycles. The van der Waals surface area contributed by atoms with Crippen LogP contribution in [0.5, 0.6) is 0 Å². The second kappa shape index (κ2) is 8.86. The zero-order valence-corrected chi connectivity index (χ0v) is 14.5. The van der Waals surface area contributed by atoms with Crippen molar-refractivity contribution >= 4 is 27.4 Å². The Balaban J connectivity index is 2.68. The normalized spacial score (nSPS) is 14.1. The van der Waals surface area contributed by atoms with Crippen LogP contribution in [0, 0.1) is 5.92 Å². The van der Waals surface area contributed by atoms with Crippen LogP contribution in [0.15, 0.2) is 29.2 Å². The maximum absolute atomic E-state index is 12.4. The summed E-state index contributed by atoms with van der Waals surface area (Å²) in [7, 11) is -4.69. The van der Waals surface area contributed by atoms with Gasteiger partial charge < -0.3 is 10.4 Å². The van der Waals surface area contributed by atoms with E-state index in [-0.39, 0.29) is 18.2 Å². The maximum Gasteiger partial charge on any atom is 0.341 e. The van der Waals surface area contributed by atoms with Gasteiger partial charge in [0.05, 0.1) is 11.4 Å². The quantitative estimate of drug-likeness (QED) is 0.603. The van der Waals surface area contributed by atoms with Gasteiger partial charge in [0.15, 0.2) is 0 Å². The minimum Gasteiger partial charge on any atom is -0.480 e. The van der Waals surface area contributed by atoms with Gasteiger partial charge in [0.25, 0.3) is 0 Å². The van der Waals surface area contributed by atoms with Crippen LogP contribution in [0.4, 0.5) is 14.5 Å². The molecule has 10 heteroatoms. The van der Waals surface area contributed by atoms with Crippen molar-refractivity contribution in [2.75, 3.05) is 11.9 Å². The Bertz CT molecular complexity index is 707. The van der Waals surface area contributed by atoms with Crippen molar-refractivity contribution in [3.8, 4) is 0 Å². The third kappa shape index (κ3) is 5.75. The summed E-state index contributed by atoms with van der Waals surface area (Å²) in [4.78, 5) is 22.4. The Labute approximate surface area is 144 Å². The van der Waals surface area contributed by atoms with Crippen LogP contribution < -0.4 is 10.6 Å². The lowest BCUT2D eigenvalue weighted by molar-refractivity contribution is -0.140. The largest absolute Gasteiger partial charge is 0.480 e. The number of benzene rings is 1. The fourth-order valence-electron chi connectivity index (χ4n) is 2.01. The highest BCUT2D eigenvalue weighted by Gasteiger charge is 2.26. The number of halogens is 2. The van der Waals surface area contributed by atoms with Crippen LogP contribution in [0.25, 0.3) is 0 Å². The molecular formula is C15H20F2N2O5S. The molecule has 1 aromatic rings. The molecule has 0 saturated heterocycles. The van der Waals surface area contributed by atoms with E-state index in [1.807, 2.05) is 6.92 Å². The summed E-state index contributed by atoms with van der Waals surface area (Å²) in [5.74, 6) is -5.31. The Hall–Kier alpha value is -2.07. The molecule has 0 bridgehead atoms. The number of carboxylic acid groups (broad SMARTS) is 1. The first-order chi connectivity index (χ1) is 11.6. The average molecular weight is 378 g/mol. The van der Waals surface area contributed by atoms with Crippen LogP contribution in [0.1, 0.15) is 20.3 Å². The van der Waals surface area contributed by atoms with E-state index < -0.39 is 38.4 Å². The Morgan fingerprint density at radius 1 is 1.20 bits per heavy atom. The van der Waals surface area contributed by atoms with Crippen molar-refractivity contribution in [2.45, 2.75) is 37.0 Å². The fourth-order valence-corrected chi connectivity index (χ4v) is 2.73. The van der Waals surface area contributed by atoms with Gasteiger partial charge in [-0.05, 0) is 30.2 Å². The highest BCUT2D eigenvalue weighted by molar-refractivity contribution is 7.91. The minimum absolute atomic E-state index is 0.177. The van der Waals surface area contributed by atoms with Gasteiger partial charge in [-0.25, -0.2) is 8.42 Å². The van der Waals surface area contributed by atoms with E-state index in [0.717, 1.165) is 12.1 Å². The van der Waals surface area contributed by atoms with Gasteiger partial charge in [0.1, 0.15) is 6.04 Å². The predicted octanol–water partition coefficient (Wildman–Crippen LogP) is 1.71. The standard InChI is InChI=1S/C15H20F2N2O5S/c1-3-9(2)13(14(21)22)18-8-12(20)19-10-4-6-11(7-5-10)25(23,24)15(16)17/h4-7,9,13,15,18H,3,8H2,1-2H3,(H,19,20)(H,21,22)/t9-,13-/m0/s1. The summed E-state index contributed by atoms with van der Waals surface area (Å²) in [6, 6.07) is 3.40. The van der Waals surface area contributed by atoms with E-state index in [9.17, 15) is 26.8 Å². The molecule has 0 fully saturated rings. The number of sulfone groups is 1. The van der Waals surface area contributed by atoms with Crippen LogP contribution >= 0.6 is 0 Å². The second-order valence-electron chi connectivity index (χ2n) is 5.46. The molecule has 0 unspecified atom stereocenters. The molecule has 25 heavy (non-hydrogen) atoms. The molecule has 0 saturated carbocycles. The summed E-state index contributed by atoms with van der Waals surface area (Å²) in [5.41, 5.74) is 0.204. The van der Waals surface area contributed by atoms with Crippen LogP contribution in [-0.4, -0.2) is 43.7 Å². The first-order valence-corrected chi connectivity index (χ1v) is 9.02. The van der Waals surface area contributed by atoms with Crippen LogP contribution in [0.3, 0.4) is 0 Å². The van der Waals surface area contributed by atoms with Crippen molar-refractivity contribution in [2.24, 2.45) is 5.92 Å². The number of nitrogens with one attached hydrogen (secondary N) is 2. The number of hydrogen-bond donors (Lipinski definition) is 3. The molecule has 0 aliphatic heterocycles. The number of alkyl halides is 2. The Kier molecular flexibility index (Phi) is 7.43. The van der Waals surface area contributed by atoms with Gasteiger partial charge >= 0.3 is 11.7 Å². The lowest BCUT2D eigenvalue weighted by atomic mass is 9.99. The number of carboxylic acids is 1. The predicted molar refractivity (Wildman–Crippen MR) is 87.1 cm³/mol. The van der Waals surface area contributed by atoms with Crippen LogP contribution in [-0.2, 0) is 19.4 Å². The molecule has 0 spiro atoms. The lowest BCUT2D eigenvalue weighted by Crippen LogP contribution is -2.45. The molecule has 1 rings (SSSR count). The van der Waals surface area contributed by atoms with Crippen LogP contribution in [0.2, 0.25) is 0 Å². The van der Waals surface area contributed by atoms with E-state index in [4.69, 9.17) is 5.11 Å². The number of amides is 1. The molecule has 3 N–H and O–H groups in total. The fraction of sp³-hybridized carbons (Fsp3) is 0.467. The van der Waals surface area contributed by atoms with Crippen molar-refractivity contribution in [1.82, 2.24) is 5.32 Å². The van der Waals surface area contributed by atoms with Gasteiger partial charge in [-0.2, -0.15) is 8.78 Å². The monoisotopic (exact) mass is 378 g/mol. The summed E-state index contributed by atoms with van der Waals surface area (Å²) in [6.07, 6.45) is 0.617. The van der Waals surface area contributed by atoms with E-state index in [0.29, 0.717) is 6.42 Å². The SMILES string of the molecule is CC[C@H](C)[C@H](NCC(=O)Nc1ccc(S(=O)(=O)C(F)F)cc1)C(=O)O. The highest BCUT2D eigenvalue weighted by atomic mass is 32.2. The molecule has 0 aliphatic rings. The number of carbonyl (C=O) groups is 2. The van der Waals surface area contributed by atoms with Gasteiger partial charge in [-0.15, -0.1) is 0 Å². The molecule has 7 nitrogen and oxygen atoms in total. The number of aliphatic carboxylic acids is 1. The zero-order chi connectivity index (χ0) is 19.2. The second-order valence-corrected chi connectivity index (χ2v) is 7.38. The number of rotatable bonds is 9. The summed E-state index contributed by atoms with van der Waals surface area (Å²) >= 11 is 0. The first kappa shape index (κ1) is 21.0. The molecule has 0 aliphatic carbocycles. The topological polar surface area (TPSA) is 113 Å². The maximum atomic E-state index is 12.4. The smallest absolute Gasteiger partial charge is 0.341 e. The molecule has 1 aromatic carbocycles. The van der Waals surface area contributed by atoms with Crippen molar-refractivity contribution < 1.29 is 31.9 Å². The first-order valence-electron chi connectivity index (χ1n) is 7.47. The minimum atomic E-state index is -4.69. The zero-order valence-electron chi connectivity index (χ0n) is 13.7. The van der Waals surface area contributed by atoms with Gasteiger partial charge in [0.2, 0.25) is 15.7 Å². The highest BCUT2D eigenvalue weighted by Crippen LogP contribution is 2.20. The lowest BCUT2D eigenvalue weighted by Gasteiger charge is -2.19. The third-order valence-electron chi connectivity index (χ3n) is 3.66. The Morgan fingerprint density at radius 3 is 2.20 bits per heavy atom. The number of anilines is 1. The molecular weight excluding hydrogens is 358 g/mol. The van der Waals surface area contributed by atoms with Gasteiger partial charge in [-0.1, -0.05) is 20.3 Å². The Morgan fingerprint density at radius 2 is 1.76 bits per heavy atom.